The topological polar surface area (TPSA) is 55.1 Å². The van der Waals surface area contributed by atoms with E-state index in [2.05, 4.69) is 32.9 Å². The molecule has 6 heteroatoms. The maximum absolute atomic E-state index is 11.9. The quantitative estimate of drug-likeness (QED) is 0.406. The fraction of sp³-hybridized carbons (Fsp3) is 0.0526. The van der Waals surface area contributed by atoms with Gasteiger partial charge in [0.15, 0.2) is 0 Å². The highest BCUT2D eigenvalue weighted by Gasteiger charge is 2.06. The molecule has 3 aromatic rings. The van der Waals surface area contributed by atoms with Crippen LogP contribution in [0.15, 0.2) is 59.2 Å². The van der Waals surface area contributed by atoms with Gasteiger partial charge in [0, 0.05) is 26.4 Å². The van der Waals surface area contributed by atoms with E-state index in [-0.39, 0.29) is 5.91 Å². The molecule has 25 heavy (non-hydrogen) atoms. The van der Waals surface area contributed by atoms with Crippen LogP contribution in [0.3, 0.4) is 0 Å². The largest absolute Gasteiger partial charge is 0.457 e. The fourth-order valence-corrected chi connectivity index (χ4v) is 2.62. The molecule has 4 nitrogen and oxygen atoms in total. The first-order chi connectivity index (χ1) is 12.0. The van der Waals surface area contributed by atoms with Gasteiger partial charge in [0.1, 0.15) is 17.3 Å². The summed E-state index contributed by atoms with van der Waals surface area (Å²) in [5.41, 5.74) is 1.90. The van der Waals surface area contributed by atoms with Crippen LogP contribution in [0.2, 0.25) is 5.02 Å². The first-order valence-electron chi connectivity index (χ1n) is 7.48. The number of hydrogen-bond acceptors (Lipinski definition) is 3. The molecule has 1 amide bonds. The molecular weight excluding hydrogens is 451 g/mol. The first-order valence-corrected chi connectivity index (χ1v) is 8.94. The summed E-state index contributed by atoms with van der Waals surface area (Å²) in [7, 11) is 0. The minimum atomic E-state index is -0.273. The SMILES string of the molecule is Cc1ccc(-c2ccc(/C=C/C(=O)Nc3ccc(I)cn3)o2)cc1Cl. The molecule has 1 N–H and O–H groups in total. The number of pyridine rings is 1. The second-order valence-corrected chi connectivity index (χ2v) is 7.00. The van der Waals surface area contributed by atoms with Gasteiger partial charge in [-0.3, -0.25) is 4.79 Å². The lowest BCUT2D eigenvalue weighted by Crippen LogP contribution is -2.08. The zero-order chi connectivity index (χ0) is 17.8. The molecule has 2 aromatic heterocycles. The fourth-order valence-electron chi connectivity index (χ4n) is 2.12. The minimum absolute atomic E-state index is 0.273. The summed E-state index contributed by atoms with van der Waals surface area (Å²) >= 11 is 8.30. The number of carbonyl (C=O) groups is 1. The standard InChI is InChI=1S/C19H14ClIN2O2/c1-12-2-3-13(10-16(12)20)17-7-5-15(25-17)6-9-19(24)23-18-8-4-14(21)11-22-18/h2-11H,1H3,(H,22,23,24)/b9-6+. The molecule has 0 saturated heterocycles. The molecule has 3 rings (SSSR count). The Morgan fingerprint density at radius 3 is 2.80 bits per heavy atom. The Morgan fingerprint density at radius 1 is 1.24 bits per heavy atom. The van der Waals surface area contributed by atoms with Crippen LogP contribution < -0.4 is 5.32 Å². The van der Waals surface area contributed by atoms with Gasteiger partial charge in [-0.05, 0) is 71.5 Å². The highest BCUT2D eigenvalue weighted by atomic mass is 127. The van der Waals surface area contributed by atoms with Gasteiger partial charge in [0.2, 0.25) is 5.91 Å². The number of hydrogen-bond donors (Lipinski definition) is 1. The molecule has 0 saturated carbocycles. The molecule has 0 aliphatic carbocycles. The van der Waals surface area contributed by atoms with E-state index < -0.39 is 0 Å². The summed E-state index contributed by atoms with van der Waals surface area (Å²) in [6.45, 7) is 1.95. The number of halogens is 2. The van der Waals surface area contributed by atoms with Gasteiger partial charge < -0.3 is 9.73 Å². The number of aromatic nitrogens is 1. The average molecular weight is 465 g/mol. The van der Waals surface area contributed by atoms with Gasteiger partial charge >= 0.3 is 0 Å². The molecular formula is C19H14ClIN2O2. The third kappa shape index (κ3) is 4.70. The van der Waals surface area contributed by atoms with E-state index in [9.17, 15) is 4.79 Å². The number of amides is 1. The number of rotatable bonds is 4. The van der Waals surface area contributed by atoms with Gasteiger partial charge in [-0.2, -0.15) is 0 Å². The van der Waals surface area contributed by atoms with E-state index in [1.807, 2.05) is 37.3 Å². The van der Waals surface area contributed by atoms with Crippen molar-refractivity contribution in [1.29, 1.82) is 0 Å². The number of anilines is 1. The van der Waals surface area contributed by atoms with E-state index >= 15 is 0 Å². The summed E-state index contributed by atoms with van der Waals surface area (Å²) in [6.07, 6.45) is 4.71. The molecule has 2 heterocycles. The summed E-state index contributed by atoms with van der Waals surface area (Å²) in [5, 5.41) is 3.38. The molecule has 0 fully saturated rings. The van der Waals surface area contributed by atoms with Gasteiger partial charge in [-0.25, -0.2) is 4.98 Å². The molecule has 0 unspecified atom stereocenters. The Kier molecular flexibility index (Phi) is 5.55. The Labute approximate surface area is 164 Å². The third-order valence-electron chi connectivity index (χ3n) is 3.46. The molecule has 1 aromatic carbocycles. The number of benzene rings is 1. The van der Waals surface area contributed by atoms with E-state index in [0.29, 0.717) is 22.4 Å². The monoisotopic (exact) mass is 464 g/mol. The maximum atomic E-state index is 11.9. The molecule has 0 spiro atoms. The highest BCUT2D eigenvalue weighted by molar-refractivity contribution is 14.1. The lowest BCUT2D eigenvalue weighted by molar-refractivity contribution is -0.111. The highest BCUT2D eigenvalue weighted by Crippen LogP contribution is 2.27. The van der Waals surface area contributed by atoms with Crippen molar-refractivity contribution in [2.75, 3.05) is 5.32 Å². The molecule has 0 aliphatic heterocycles. The van der Waals surface area contributed by atoms with E-state index in [1.165, 1.54) is 6.08 Å². The predicted octanol–water partition coefficient (Wildman–Crippen LogP) is 5.56. The van der Waals surface area contributed by atoms with Crippen molar-refractivity contribution in [3.05, 3.63) is 74.7 Å². The zero-order valence-electron chi connectivity index (χ0n) is 13.3. The van der Waals surface area contributed by atoms with E-state index in [0.717, 1.165) is 14.7 Å². The maximum Gasteiger partial charge on any atom is 0.249 e. The number of carbonyl (C=O) groups excluding carboxylic acids is 1. The Bertz CT molecular complexity index is 933. The van der Waals surface area contributed by atoms with Gasteiger partial charge in [-0.15, -0.1) is 0 Å². The van der Waals surface area contributed by atoms with Crippen LogP contribution in [0.25, 0.3) is 17.4 Å². The Balaban J connectivity index is 1.67. The molecule has 0 atom stereocenters. The minimum Gasteiger partial charge on any atom is -0.457 e. The number of nitrogens with one attached hydrogen (secondary N) is 1. The van der Waals surface area contributed by atoms with Gasteiger partial charge in [-0.1, -0.05) is 23.7 Å². The van der Waals surface area contributed by atoms with Crippen molar-refractivity contribution in [2.24, 2.45) is 0 Å². The average Bonchev–Trinajstić information content (AvgIpc) is 3.07. The third-order valence-corrected chi connectivity index (χ3v) is 4.51. The summed E-state index contributed by atoms with van der Waals surface area (Å²) < 4.78 is 6.74. The second-order valence-electron chi connectivity index (χ2n) is 5.35. The van der Waals surface area contributed by atoms with E-state index in [1.54, 1.807) is 24.4 Å². The van der Waals surface area contributed by atoms with Crippen LogP contribution in [0.1, 0.15) is 11.3 Å². The first kappa shape index (κ1) is 17.7. The van der Waals surface area contributed by atoms with Crippen molar-refractivity contribution in [1.82, 2.24) is 4.98 Å². The lowest BCUT2D eigenvalue weighted by atomic mass is 10.1. The number of nitrogens with zero attached hydrogens (tertiary/aromatic N) is 1. The van der Waals surface area contributed by atoms with E-state index in [4.69, 9.17) is 16.0 Å². The second kappa shape index (κ2) is 7.84. The molecule has 0 radical (unpaired) electrons. The number of furan rings is 1. The normalized spacial score (nSPS) is 11.0. The van der Waals surface area contributed by atoms with Gasteiger partial charge in [0.05, 0.1) is 0 Å². The molecule has 126 valence electrons. The van der Waals surface area contributed by atoms with Crippen molar-refractivity contribution in [3.63, 3.8) is 0 Å². The van der Waals surface area contributed by atoms with Crippen LogP contribution in [0, 0.1) is 10.5 Å². The van der Waals surface area contributed by atoms with Crippen molar-refractivity contribution in [2.45, 2.75) is 6.92 Å². The van der Waals surface area contributed by atoms with Crippen molar-refractivity contribution >= 4 is 52.0 Å². The molecule has 0 aliphatic rings. The number of aryl methyl sites for hydroxylation is 1. The molecule has 0 bridgehead atoms. The van der Waals surface area contributed by atoms with Gasteiger partial charge in [0.25, 0.3) is 0 Å². The zero-order valence-corrected chi connectivity index (χ0v) is 16.2. The Hall–Kier alpha value is -2.12. The van der Waals surface area contributed by atoms with Crippen molar-refractivity contribution < 1.29 is 9.21 Å². The predicted molar refractivity (Wildman–Crippen MR) is 109 cm³/mol. The van der Waals surface area contributed by atoms with Crippen LogP contribution in [-0.2, 0) is 4.79 Å². The summed E-state index contributed by atoms with van der Waals surface area (Å²) in [6, 6.07) is 13.0. The smallest absolute Gasteiger partial charge is 0.249 e. The summed E-state index contributed by atoms with van der Waals surface area (Å²) in [4.78, 5) is 16.1. The summed E-state index contributed by atoms with van der Waals surface area (Å²) in [5.74, 6) is 1.51. The van der Waals surface area contributed by atoms with Crippen molar-refractivity contribution in [3.8, 4) is 11.3 Å². The van der Waals surface area contributed by atoms with Crippen LogP contribution in [0.5, 0.6) is 0 Å². The van der Waals surface area contributed by atoms with Crippen LogP contribution in [-0.4, -0.2) is 10.9 Å². The lowest BCUT2D eigenvalue weighted by Gasteiger charge is -2.01. The van der Waals surface area contributed by atoms with Crippen LogP contribution >= 0.6 is 34.2 Å². The Morgan fingerprint density at radius 2 is 2.08 bits per heavy atom. The van der Waals surface area contributed by atoms with Crippen LogP contribution in [0.4, 0.5) is 5.82 Å².